The molecule has 2 bridgehead atoms. The van der Waals surface area contributed by atoms with Crippen molar-refractivity contribution in [1.29, 1.82) is 0 Å². The predicted octanol–water partition coefficient (Wildman–Crippen LogP) is 3.79. The summed E-state index contributed by atoms with van der Waals surface area (Å²) in [5, 5.41) is 16.7. The number of carbonyl (C=O) groups excluding carboxylic acids is 3. The van der Waals surface area contributed by atoms with Crippen LogP contribution in [0.5, 0.6) is 0 Å². The van der Waals surface area contributed by atoms with Gasteiger partial charge in [-0.1, -0.05) is 80.9 Å². The monoisotopic (exact) mass is 619 g/mol. The molecule has 0 radical (unpaired) electrons. The quantitative estimate of drug-likeness (QED) is 0.345. The number of nitrogens with one attached hydrogen (secondary N) is 2. The van der Waals surface area contributed by atoms with Crippen LogP contribution < -0.4 is 10.6 Å². The second-order valence-electron chi connectivity index (χ2n) is 14.2. The maximum absolute atomic E-state index is 14.3. The van der Waals surface area contributed by atoms with Gasteiger partial charge >= 0.3 is 0 Å². The normalized spacial score (nSPS) is 30.5. The van der Waals surface area contributed by atoms with Crippen molar-refractivity contribution in [2.24, 2.45) is 23.2 Å². The van der Waals surface area contributed by atoms with E-state index >= 15 is 0 Å². The van der Waals surface area contributed by atoms with E-state index in [1.54, 1.807) is 4.90 Å². The molecule has 0 saturated carbocycles. The van der Waals surface area contributed by atoms with Crippen LogP contribution in [-0.2, 0) is 25.7 Å². The minimum absolute atomic E-state index is 0.0285. The number of hydrogen-bond donors (Lipinski definition) is 3. The number of carbonyl (C=O) groups is 3. The van der Waals surface area contributed by atoms with Gasteiger partial charge in [-0.15, -0.1) is 0 Å². The molecule has 3 N–H and O–H groups in total. The van der Waals surface area contributed by atoms with E-state index < -0.39 is 41.2 Å². The zero-order chi connectivity index (χ0) is 29.6. The first kappa shape index (κ1) is 31.0. The molecule has 9 heteroatoms. The van der Waals surface area contributed by atoms with Crippen molar-refractivity contribution >= 4 is 33.7 Å². The van der Waals surface area contributed by atoms with Crippen molar-refractivity contribution in [3.8, 4) is 0 Å². The fourth-order valence-corrected chi connectivity index (χ4v) is 8.50. The Labute approximate surface area is 247 Å². The highest BCUT2D eigenvalue weighted by Crippen LogP contribution is 2.60. The van der Waals surface area contributed by atoms with Crippen LogP contribution in [0.4, 0.5) is 0 Å². The number of aliphatic hydroxyl groups excluding tert-OH is 1. The van der Waals surface area contributed by atoms with E-state index in [0.717, 1.165) is 12.0 Å². The molecule has 3 fully saturated rings. The van der Waals surface area contributed by atoms with Gasteiger partial charge in [0.05, 0.1) is 30.6 Å². The van der Waals surface area contributed by atoms with Gasteiger partial charge in [-0.3, -0.25) is 14.4 Å². The number of nitrogens with zero attached hydrogens (tertiary/aromatic N) is 1. The molecule has 3 saturated heterocycles. The number of benzene rings is 1. The van der Waals surface area contributed by atoms with E-state index in [-0.39, 0.29) is 40.5 Å². The second kappa shape index (κ2) is 11.4. The zero-order valence-electron chi connectivity index (χ0n) is 24.9. The Balaban J connectivity index is 1.70. The summed E-state index contributed by atoms with van der Waals surface area (Å²) in [5.74, 6) is -2.18. The summed E-state index contributed by atoms with van der Waals surface area (Å²) in [6.07, 6.45) is 1.17. The Kier molecular flexibility index (Phi) is 8.80. The number of fused-ring (bicyclic) bond motifs is 1. The van der Waals surface area contributed by atoms with Gasteiger partial charge in [0.15, 0.2) is 0 Å². The van der Waals surface area contributed by atoms with Gasteiger partial charge in [-0.25, -0.2) is 0 Å². The Bertz CT molecular complexity index is 1100. The molecule has 3 aliphatic heterocycles. The van der Waals surface area contributed by atoms with Gasteiger partial charge in [0.25, 0.3) is 0 Å². The van der Waals surface area contributed by atoms with Gasteiger partial charge in [0, 0.05) is 16.9 Å². The molecular formula is C31H46BrN3O5. The highest BCUT2D eigenvalue weighted by molar-refractivity contribution is 9.09. The van der Waals surface area contributed by atoms with Crippen molar-refractivity contribution in [3.05, 3.63) is 35.9 Å². The first-order valence-electron chi connectivity index (χ1n) is 14.5. The molecule has 0 aromatic heterocycles. The Morgan fingerprint density at radius 2 is 1.80 bits per heavy atom. The smallest absolute Gasteiger partial charge is 0.246 e. The van der Waals surface area contributed by atoms with Gasteiger partial charge in [-0.2, -0.15) is 0 Å². The van der Waals surface area contributed by atoms with E-state index in [0.29, 0.717) is 19.4 Å². The van der Waals surface area contributed by atoms with Gasteiger partial charge in [0.2, 0.25) is 17.7 Å². The molecule has 0 aliphatic carbocycles. The number of halogens is 1. The summed E-state index contributed by atoms with van der Waals surface area (Å²) in [4.78, 5) is 43.6. The lowest BCUT2D eigenvalue weighted by Gasteiger charge is -2.40. The third-order valence-electron chi connectivity index (χ3n) is 8.37. The number of amides is 3. The van der Waals surface area contributed by atoms with Crippen LogP contribution in [-0.4, -0.2) is 68.5 Å². The highest BCUT2D eigenvalue weighted by atomic mass is 79.9. The molecule has 1 aromatic carbocycles. The number of alkyl halides is 1. The minimum atomic E-state index is -1.16. The summed E-state index contributed by atoms with van der Waals surface area (Å²) in [6, 6.07) is 8.12. The molecular weight excluding hydrogens is 574 g/mol. The van der Waals surface area contributed by atoms with E-state index in [9.17, 15) is 19.5 Å². The SMILES string of the molecule is CC(C)C[C@H](CO)N1C(=O)[C@@H]2[C@@H](C(=O)NCc3ccccc3)[C@@H]3OC2(CC3Br)C1C(=O)NC(C)(C)CC(C)(C)C. The van der Waals surface area contributed by atoms with Crippen molar-refractivity contribution < 1.29 is 24.2 Å². The molecule has 1 spiro atoms. The molecule has 4 rings (SSSR count). The summed E-state index contributed by atoms with van der Waals surface area (Å²) in [6.45, 7) is 14.5. The number of likely N-dealkylation sites (tertiary alicyclic amines) is 1. The molecule has 8 nitrogen and oxygen atoms in total. The maximum atomic E-state index is 14.3. The average molecular weight is 621 g/mol. The van der Waals surface area contributed by atoms with Crippen molar-refractivity contribution in [2.75, 3.05) is 6.61 Å². The summed E-state index contributed by atoms with van der Waals surface area (Å²) < 4.78 is 6.62. The van der Waals surface area contributed by atoms with E-state index in [1.165, 1.54) is 0 Å². The Morgan fingerprint density at radius 3 is 2.38 bits per heavy atom. The summed E-state index contributed by atoms with van der Waals surface area (Å²) in [7, 11) is 0. The van der Waals surface area contributed by atoms with Crippen molar-refractivity contribution in [1.82, 2.24) is 15.5 Å². The molecule has 7 atom stereocenters. The third-order valence-corrected chi connectivity index (χ3v) is 9.21. The lowest BCUT2D eigenvalue weighted by molar-refractivity contribution is -0.146. The first-order valence-corrected chi connectivity index (χ1v) is 15.4. The van der Waals surface area contributed by atoms with Gasteiger partial charge in [-0.05, 0) is 50.0 Å². The molecule has 40 heavy (non-hydrogen) atoms. The molecule has 222 valence electrons. The molecule has 3 unspecified atom stereocenters. The highest BCUT2D eigenvalue weighted by Gasteiger charge is 2.77. The molecule has 3 amide bonds. The predicted molar refractivity (Wildman–Crippen MR) is 157 cm³/mol. The van der Waals surface area contributed by atoms with E-state index in [2.05, 4.69) is 47.3 Å². The standard InChI is InChI=1S/C31H46BrN3O5/c1-18(2)13-20(16-36)35-25(27(38)34-30(6,7)17-29(3,4)5)31-14-21(32)24(40-31)22(23(31)28(35)39)26(37)33-15-19-11-9-8-10-12-19/h8-12,18,20-25,36H,13-17H2,1-7H3,(H,33,37)(H,34,38)/t20-,21?,22-,23+,24-,25?,31?/m1/s1. The fourth-order valence-electron chi connectivity index (χ4n) is 7.56. The van der Waals surface area contributed by atoms with Crippen LogP contribution in [0, 0.1) is 23.2 Å². The van der Waals surface area contributed by atoms with Crippen LogP contribution in [0.25, 0.3) is 0 Å². The third kappa shape index (κ3) is 5.97. The van der Waals surface area contributed by atoms with Crippen LogP contribution in [0.15, 0.2) is 30.3 Å². The molecule has 3 aliphatic rings. The van der Waals surface area contributed by atoms with Gasteiger partial charge in [0.1, 0.15) is 11.6 Å². The van der Waals surface area contributed by atoms with Gasteiger partial charge < -0.3 is 25.4 Å². The average Bonchev–Trinajstić information content (AvgIpc) is 3.43. The van der Waals surface area contributed by atoms with Crippen molar-refractivity contribution in [3.63, 3.8) is 0 Å². The van der Waals surface area contributed by atoms with E-state index in [1.807, 2.05) is 58.0 Å². The maximum Gasteiger partial charge on any atom is 0.246 e. The number of rotatable bonds is 10. The van der Waals surface area contributed by atoms with Crippen molar-refractivity contribution in [2.45, 2.75) is 108 Å². The Hall–Kier alpha value is -1.97. The molecule has 1 aromatic rings. The van der Waals surface area contributed by atoms with Crippen LogP contribution >= 0.6 is 15.9 Å². The molecule has 3 heterocycles. The lowest BCUT2D eigenvalue weighted by atomic mass is 9.70. The van der Waals surface area contributed by atoms with Crippen LogP contribution in [0.3, 0.4) is 0 Å². The first-order chi connectivity index (χ1) is 18.6. The Morgan fingerprint density at radius 1 is 1.15 bits per heavy atom. The fraction of sp³-hybridized carbons (Fsp3) is 0.710. The minimum Gasteiger partial charge on any atom is -0.394 e. The number of aliphatic hydroxyl groups is 1. The second-order valence-corrected chi connectivity index (χ2v) is 15.4. The largest absolute Gasteiger partial charge is 0.394 e. The van der Waals surface area contributed by atoms with Crippen LogP contribution in [0.2, 0.25) is 0 Å². The van der Waals surface area contributed by atoms with Crippen LogP contribution in [0.1, 0.15) is 73.3 Å². The zero-order valence-corrected chi connectivity index (χ0v) is 26.5. The van der Waals surface area contributed by atoms with E-state index in [4.69, 9.17) is 4.74 Å². The topological polar surface area (TPSA) is 108 Å². The lowest BCUT2D eigenvalue weighted by Crippen LogP contribution is -2.61. The summed E-state index contributed by atoms with van der Waals surface area (Å²) >= 11 is 3.73. The summed E-state index contributed by atoms with van der Waals surface area (Å²) in [5.41, 5.74) is -0.765. The number of ether oxygens (including phenoxy) is 1. The number of hydrogen-bond acceptors (Lipinski definition) is 5.